The zero-order valence-corrected chi connectivity index (χ0v) is 16.1. The number of amides is 1. The lowest BCUT2D eigenvalue weighted by atomic mass is 10.2. The molecule has 1 atom stereocenters. The number of sulfonamides is 1. The molecule has 0 aliphatic heterocycles. The highest BCUT2D eigenvalue weighted by atomic mass is 32.2. The molecule has 26 heavy (non-hydrogen) atoms. The smallest absolute Gasteiger partial charge is 0.265 e. The average Bonchev–Trinajstić information content (AvgIpc) is 3.00. The number of nitrogens with zero attached hydrogens (tertiary/aromatic N) is 3. The van der Waals surface area contributed by atoms with Crippen LogP contribution in [0.15, 0.2) is 35.4 Å². The van der Waals surface area contributed by atoms with Crippen molar-refractivity contribution in [3.05, 3.63) is 41.6 Å². The van der Waals surface area contributed by atoms with Crippen molar-refractivity contribution in [3.63, 3.8) is 0 Å². The molecule has 142 valence electrons. The van der Waals surface area contributed by atoms with Crippen molar-refractivity contribution in [2.24, 2.45) is 7.05 Å². The zero-order chi connectivity index (χ0) is 19.5. The van der Waals surface area contributed by atoms with Crippen LogP contribution in [0, 0.1) is 6.92 Å². The van der Waals surface area contributed by atoms with Crippen LogP contribution in [0.1, 0.15) is 29.3 Å². The molecule has 0 fully saturated rings. The summed E-state index contributed by atoms with van der Waals surface area (Å²) in [4.78, 5) is 12.6. The molecule has 0 spiro atoms. The molecular formula is C17H24N4O4S. The third-order valence-corrected chi connectivity index (χ3v) is 5.94. The number of hydrogen-bond acceptors (Lipinski definition) is 5. The Bertz CT molecular complexity index is 871. The Balaban J connectivity index is 2.40. The second kappa shape index (κ2) is 7.88. The molecule has 0 radical (unpaired) electrons. The minimum absolute atomic E-state index is 0.123. The number of anilines is 1. The number of carbonyl (C=O) groups excluding carboxylic acids is 1. The Morgan fingerprint density at radius 3 is 2.50 bits per heavy atom. The molecule has 1 heterocycles. The van der Waals surface area contributed by atoms with Gasteiger partial charge < -0.3 is 10.4 Å². The fourth-order valence-corrected chi connectivity index (χ4v) is 3.73. The highest BCUT2D eigenvalue weighted by Crippen LogP contribution is 2.25. The molecule has 1 unspecified atom stereocenters. The van der Waals surface area contributed by atoms with Gasteiger partial charge in [0.25, 0.3) is 15.9 Å². The first-order chi connectivity index (χ1) is 12.2. The van der Waals surface area contributed by atoms with Crippen molar-refractivity contribution in [3.8, 4) is 0 Å². The maximum absolute atomic E-state index is 12.9. The largest absolute Gasteiger partial charge is 0.394 e. The van der Waals surface area contributed by atoms with Crippen molar-refractivity contribution in [2.45, 2.75) is 31.2 Å². The monoisotopic (exact) mass is 380 g/mol. The van der Waals surface area contributed by atoms with Crippen LogP contribution in [0.3, 0.4) is 0 Å². The maximum Gasteiger partial charge on any atom is 0.265 e. The van der Waals surface area contributed by atoms with Crippen LogP contribution < -0.4 is 9.62 Å². The van der Waals surface area contributed by atoms with E-state index in [0.717, 1.165) is 9.87 Å². The summed E-state index contributed by atoms with van der Waals surface area (Å²) < 4.78 is 28.2. The van der Waals surface area contributed by atoms with Crippen molar-refractivity contribution < 1.29 is 18.3 Å². The third-order valence-electron chi connectivity index (χ3n) is 4.18. The van der Waals surface area contributed by atoms with Crippen molar-refractivity contribution in [1.82, 2.24) is 15.1 Å². The highest BCUT2D eigenvalue weighted by Gasteiger charge is 2.29. The quantitative estimate of drug-likeness (QED) is 0.747. The number of hydrogen-bond donors (Lipinski definition) is 2. The average molecular weight is 380 g/mol. The molecule has 2 aromatic rings. The van der Waals surface area contributed by atoms with Gasteiger partial charge in [-0.05, 0) is 25.5 Å². The lowest BCUT2D eigenvalue weighted by Crippen LogP contribution is -2.38. The first-order valence-corrected chi connectivity index (χ1v) is 9.65. The topological polar surface area (TPSA) is 105 Å². The maximum atomic E-state index is 12.9. The molecule has 1 amide bonds. The molecule has 8 nitrogen and oxygen atoms in total. The van der Waals surface area contributed by atoms with Gasteiger partial charge in [0.1, 0.15) is 5.56 Å². The second-order valence-corrected chi connectivity index (χ2v) is 8.02. The minimum Gasteiger partial charge on any atom is -0.394 e. The van der Waals surface area contributed by atoms with E-state index in [4.69, 9.17) is 0 Å². The van der Waals surface area contributed by atoms with E-state index in [2.05, 4.69) is 10.4 Å². The summed E-state index contributed by atoms with van der Waals surface area (Å²) in [5, 5.41) is 16.0. The van der Waals surface area contributed by atoms with Gasteiger partial charge in [-0.2, -0.15) is 5.10 Å². The summed E-state index contributed by atoms with van der Waals surface area (Å²) in [7, 11) is -0.906. The predicted octanol–water partition coefficient (Wildman–Crippen LogP) is 1.05. The summed E-state index contributed by atoms with van der Waals surface area (Å²) in [5.74, 6) is -0.337. The summed E-state index contributed by atoms with van der Waals surface area (Å²) in [6.45, 7) is 3.50. The van der Waals surface area contributed by atoms with Crippen LogP contribution in [-0.4, -0.2) is 48.9 Å². The molecule has 2 rings (SSSR count). The predicted molar refractivity (Wildman–Crippen MR) is 98.6 cm³/mol. The number of aromatic nitrogens is 2. The molecule has 0 bridgehead atoms. The number of rotatable bonds is 7. The van der Waals surface area contributed by atoms with E-state index in [1.54, 1.807) is 19.2 Å². The van der Waals surface area contributed by atoms with Crippen LogP contribution >= 0.6 is 0 Å². The normalized spacial score (nSPS) is 12.7. The van der Waals surface area contributed by atoms with E-state index in [9.17, 15) is 18.3 Å². The van der Waals surface area contributed by atoms with E-state index in [0.29, 0.717) is 6.42 Å². The van der Waals surface area contributed by atoms with Crippen LogP contribution in [0.5, 0.6) is 0 Å². The Morgan fingerprint density at radius 2 is 1.96 bits per heavy atom. The minimum atomic E-state index is -3.85. The van der Waals surface area contributed by atoms with Gasteiger partial charge >= 0.3 is 0 Å². The molecule has 0 aliphatic carbocycles. The van der Waals surface area contributed by atoms with E-state index in [1.807, 2.05) is 13.8 Å². The van der Waals surface area contributed by atoms with Gasteiger partial charge in [0.05, 0.1) is 23.7 Å². The Hall–Kier alpha value is -2.39. The molecular weight excluding hydrogens is 356 g/mol. The molecule has 1 aromatic heterocycles. The molecule has 2 N–H and O–H groups in total. The van der Waals surface area contributed by atoms with Gasteiger partial charge in [0.2, 0.25) is 0 Å². The van der Waals surface area contributed by atoms with Gasteiger partial charge in [-0.25, -0.2) is 8.42 Å². The number of aliphatic hydroxyl groups excluding tert-OH is 1. The Morgan fingerprint density at radius 1 is 1.35 bits per heavy atom. The fraction of sp³-hybridized carbons (Fsp3) is 0.412. The molecule has 0 saturated carbocycles. The number of carbonyl (C=O) groups is 1. The van der Waals surface area contributed by atoms with Crippen molar-refractivity contribution in [1.29, 1.82) is 0 Å². The van der Waals surface area contributed by atoms with Gasteiger partial charge in [0.15, 0.2) is 5.82 Å². The van der Waals surface area contributed by atoms with E-state index >= 15 is 0 Å². The first kappa shape index (κ1) is 19.9. The Kier molecular flexibility index (Phi) is 6.04. The van der Waals surface area contributed by atoms with E-state index in [-0.39, 0.29) is 22.9 Å². The number of benzene rings is 1. The van der Waals surface area contributed by atoms with Crippen LogP contribution in [0.25, 0.3) is 0 Å². The number of nitrogens with one attached hydrogen (secondary N) is 1. The highest BCUT2D eigenvalue weighted by molar-refractivity contribution is 7.92. The standard InChI is InChI=1S/C17H24N4O4S/c1-5-13(11-22)19-16(23)15-10-18-20(3)17(15)21(4)26(24,25)14-8-6-12(2)7-9-14/h6-10,13,22H,5,11H2,1-4H3,(H,19,23). The molecule has 1 aromatic carbocycles. The van der Waals surface area contributed by atoms with Gasteiger partial charge in [-0.1, -0.05) is 24.6 Å². The van der Waals surface area contributed by atoms with Crippen LogP contribution in [0.2, 0.25) is 0 Å². The van der Waals surface area contributed by atoms with Gasteiger partial charge in [0, 0.05) is 14.1 Å². The summed E-state index contributed by atoms with van der Waals surface area (Å²) in [5.41, 5.74) is 1.07. The second-order valence-electron chi connectivity index (χ2n) is 6.05. The van der Waals surface area contributed by atoms with E-state index in [1.165, 1.54) is 30.1 Å². The third kappa shape index (κ3) is 3.88. The van der Waals surface area contributed by atoms with Gasteiger partial charge in [-0.15, -0.1) is 0 Å². The lowest BCUT2D eigenvalue weighted by molar-refractivity contribution is 0.0915. The van der Waals surface area contributed by atoms with Crippen molar-refractivity contribution in [2.75, 3.05) is 18.0 Å². The summed E-state index contributed by atoms with van der Waals surface area (Å²) in [6, 6.07) is 6.07. The molecule has 0 aliphatic rings. The number of aliphatic hydroxyl groups is 1. The first-order valence-electron chi connectivity index (χ1n) is 8.21. The Labute approximate surface area is 153 Å². The molecule has 9 heteroatoms. The van der Waals surface area contributed by atoms with Crippen molar-refractivity contribution >= 4 is 21.7 Å². The van der Waals surface area contributed by atoms with Gasteiger partial charge in [-0.3, -0.25) is 13.8 Å². The molecule has 0 saturated heterocycles. The summed E-state index contributed by atoms with van der Waals surface area (Å²) >= 11 is 0. The van der Waals surface area contributed by atoms with Crippen LogP contribution in [0.4, 0.5) is 5.82 Å². The lowest BCUT2D eigenvalue weighted by Gasteiger charge is -2.21. The fourth-order valence-electron chi connectivity index (χ4n) is 2.49. The zero-order valence-electron chi connectivity index (χ0n) is 15.3. The summed E-state index contributed by atoms with van der Waals surface area (Å²) in [6.07, 6.45) is 1.87. The van der Waals surface area contributed by atoms with Crippen LogP contribution in [-0.2, 0) is 17.1 Å². The SMILES string of the molecule is CCC(CO)NC(=O)c1cnn(C)c1N(C)S(=O)(=O)c1ccc(C)cc1. The van der Waals surface area contributed by atoms with E-state index < -0.39 is 22.0 Å². The number of aryl methyl sites for hydroxylation is 2.